The van der Waals surface area contributed by atoms with Crippen LogP contribution in [0.25, 0.3) is 0 Å². The molecule has 0 amide bonds. The first kappa shape index (κ1) is 15.7. The average molecular weight is 296 g/mol. The third kappa shape index (κ3) is 3.70. The zero-order valence-electron chi connectivity index (χ0n) is 13.0. The summed E-state index contributed by atoms with van der Waals surface area (Å²) >= 11 is 0. The van der Waals surface area contributed by atoms with Crippen molar-refractivity contribution in [2.24, 2.45) is 7.05 Å². The molecule has 1 aliphatic rings. The maximum absolute atomic E-state index is 11.2. The van der Waals surface area contributed by atoms with Gasteiger partial charge in [0.1, 0.15) is 5.69 Å². The number of rotatable bonds is 6. The fourth-order valence-electron chi connectivity index (χ4n) is 2.60. The highest BCUT2D eigenvalue weighted by atomic mass is 16.6. The lowest BCUT2D eigenvalue weighted by atomic mass is 10.3. The third-order valence-corrected chi connectivity index (χ3v) is 3.93. The predicted octanol–water partition coefficient (Wildman–Crippen LogP) is 0.550. The molecule has 0 atom stereocenters. The van der Waals surface area contributed by atoms with E-state index in [0.29, 0.717) is 24.5 Å². The minimum atomic E-state index is -0.343. The van der Waals surface area contributed by atoms with Crippen molar-refractivity contribution < 1.29 is 4.92 Å². The van der Waals surface area contributed by atoms with Gasteiger partial charge < -0.3 is 10.2 Å². The van der Waals surface area contributed by atoms with Crippen molar-refractivity contribution in [2.75, 3.05) is 51.6 Å². The van der Waals surface area contributed by atoms with E-state index in [0.717, 1.165) is 32.7 Å². The van der Waals surface area contributed by atoms with Crippen molar-refractivity contribution in [3.05, 3.63) is 15.8 Å². The molecule has 8 heteroatoms. The summed E-state index contributed by atoms with van der Waals surface area (Å²) < 4.78 is 1.57. The van der Waals surface area contributed by atoms with E-state index in [4.69, 9.17) is 0 Å². The second kappa shape index (κ2) is 6.86. The highest BCUT2D eigenvalue weighted by molar-refractivity contribution is 5.59. The smallest absolute Gasteiger partial charge is 0.333 e. The highest BCUT2D eigenvalue weighted by Gasteiger charge is 2.25. The summed E-state index contributed by atoms with van der Waals surface area (Å²) in [6, 6.07) is 0. The van der Waals surface area contributed by atoms with Gasteiger partial charge in [0.25, 0.3) is 0 Å². The summed E-state index contributed by atoms with van der Waals surface area (Å²) in [7, 11) is 3.87. The lowest BCUT2D eigenvalue weighted by Gasteiger charge is -2.32. The second-order valence-electron chi connectivity index (χ2n) is 5.45. The number of nitro groups is 1. The number of anilines is 1. The molecule has 2 heterocycles. The zero-order valence-corrected chi connectivity index (χ0v) is 13.0. The topological polar surface area (TPSA) is 79.5 Å². The van der Waals surface area contributed by atoms with Crippen LogP contribution in [0.2, 0.25) is 0 Å². The van der Waals surface area contributed by atoms with Crippen LogP contribution < -0.4 is 5.32 Å². The molecule has 1 aromatic rings. The zero-order chi connectivity index (χ0) is 15.4. The van der Waals surface area contributed by atoms with Gasteiger partial charge >= 0.3 is 5.69 Å². The van der Waals surface area contributed by atoms with Gasteiger partial charge in [-0.2, -0.15) is 5.10 Å². The Balaban J connectivity index is 1.94. The SMILES string of the molecule is CCc1nn(C)c(NCCN2CCN(C)CC2)c1[N+](=O)[O-]. The minimum Gasteiger partial charge on any atom is -0.363 e. The molecular weight excluding hydrogens is 272 g/mol. The van der Waals surface area contributed by atoms with E-state index in [1.807, 2.05) is 6.92 Å². The van der Waals surface area contributed by atoms with Gasteiger partial charge in [0.2, 0.25) is 5.82 Å². The van der Waals surface area contributed by atoms with Crippen molar-refractivity contribution >= 4 is 11.5 Å². The van der Waals surface area contributed by atoms with Gasteiger partial charge in [-0.25, -0.2) is 4.68 Å². The monoisotopic (exact) mass is 296 g/mol. The number of aryl methyl sites for hydroxylation is 2. The van der Waals surface area contributed by atoms with Crippen LogP contribution >= 0.6 is 0 Å². The van der Waals surface area contributed by atoms with E-state index in [1.54, 1.807) is 11.7 Å². The Kier molecular flexibility index (Phi) is 5.13. The molecule has 0 unspecified atom stereocenters. The standard InChI is InChI=1S/C13H24N6O2/c1-4-11-12(19(20)21)13(17(3)15-11)14-5-6-18-9-7-16(2)8-10-18/h14H,4-10H2,1-3H3. The maximum atomic E-state index is 11.2. The van der Waals surface area contributed by atoms with Crippen molar-refractivity contribution in [3.63, 3.8) is 0 Å². The molecular formula is C13H24N6O2. The Hall–Kier alpha value is -1.67. The Morgan fingerprint density at radius 1 is 1.29 bits per heavy atom. The molecule has 1 saturated heterocycles. The summed E-state index contributed by atoms with van der Waals surface area (Å²) in [6.07, 6.45) is 0.560. The van der Waals surface area contributed by atoms with Gasteiger partial charge in [-0.1, -0.05) is 6.92 Å². The summed E-state index contributed by atoms with van der Waals surface area (Å²) in [4.78, 5) is 15.5. The van der Waals surface area contributed by atoms with Gasteiger partial charge in [-0.3, -0.25) is 15.0 Å². The van der Waals surface area contributed by atoms with Crippen LogP contribution in [0.4, 0.5) is 11.5 Å². The number of piperazine rings is 1. The number of nitrogens with one attached hydrogen (secondary N) is 1. The summed E-state index contributed by atoms with van der Waals surface area (Å²) in [6.45, 7) is 7.70. The first-order valence-electron chi connectivity index (χ1n) is 7.38. The molecule has 8 nitrogen and oxygen atoms in total. The number of likely N-dealkylation sites (N-methyl/N-ethyl adjacent to an activating group) is 1. The summed E-state index contributed by atoms with van der Waals surface area (Å²) in [5, 5.41) is 18.6. The molecule has 1 aliphatic heterocycles. The predicted molar refractivity (Wildman–Crippen MR) is 81.7 cm³/mol. The molecule has 1 N–H and O–H groups in total. The Morgan fingerprint density at radius 3 is 2.52 bits per heavy atom. The van der Waals surface area contributed by atoms with Gasteiger partial charge in [0, 0.05) is 46.3 Å². The molecule has 118 valence electrons. The average Bonchev–Trinajstić information content (AvgIpc) is 2.77. The number of hydrogen-bond acceptors (Lipinski definition) is 6. The van der Waals surface area contributed by atoms with Crippen molar-refractivity contribution in [3.8, 4) is 0 Å². The quantitative estimate of drug-likeness (QED) is 0.610. The molecule has 1 fully saturated rings. The number of aromatic nitrogens is 2. The lowest BCUT2D eigenvalue weighted by Crippen LogP contribution is -2.45. The van der Waals surface area contributed by atoms with Crippen molar-refractivity contribution in [1.29, 1.82) is 0 Å². The molecule has 0 bridgehead atoms. The normalized spacial score (nSPS) is 17.1. The van der Waals surface area contributed by atoms with Crippen LogP contribution in [0, 0.1) is 10.1 Å². The molecule has 21 heavy (non-hydrogen) atoms. The van der Waals surface area contributed by atoms with Crippen LogP contribution in [0.15, 0.2) is 0 Å². The number of nitrogens with zero attached hydrogens (tertiary/aromatic N) is 5. The van der Waals surface area contributed by atoms with Crippen LogP contribution in [-0.2, 0) is 13.5 Å². The molecule has 0 aliphatic carbocycles. The van der Waals surface area contributed by atoms with E-state index in [2.05, 4.69) is 27.3 Å². The molecule has 0 aromatic carbocycles. The van der Waals surface area contributed by atoms with E-state index < -0.39 is 0 Å². The Labute approximate surface area is 124 Å². The van der Waals surface area contributed by atoms with E-state index in [1.165, 1.54) is 0 Å². The first-order valence-corrected chi connectivity index (χ1v) is 7.38. The van der Waals surface area contributed by atoms with Crippen molar-refractivity contribution in [2.45, 2.75) is 13.3 Å². The molecule has 1 aromatic heterocycles. The van der Waals surface area contributed by atoms with Gasteiger partial charge in [0.05, 0.1) is 4.92 Å². The van der Waals surface area contributed by atoms with Crippen LogP contribution in [-0.4, -0.2) is 70.8 Å². The second-order valence-corrected chi connectivity index (χ2v) is 5.45. The van der Waals surface area contributed by atoms with Gasteiger partial charge in [-0.05, 0) is 13.5 Å². The van der Waals surface area contributed by atoms with Gasteiger partial charge in [-0.15, -0.1) is 0 Å². The fraction of sp³-hybridized carbons (Fsp3) is 0.769. The Bertz CT molecular complexity index is 493. The first-order chi connectivity index (χ1) is 10.0. The third-order valence-electron chi connectivity index (χ3n) is 3.93. The van der Waals surface area contributed by atoms with Gasteiger partial charge in [0.15, 0.2) is 0 Å². The van der Waals surface area contributed by atoms with E-state index in [-0.39, 0.29) is 10.6 Å². The highest BCUT2D eigenvalue weighted by Crippen LogP contribution is 2.28. The van der Waals surface area contributed by atoms with E-state index in [9.17, 15) is 10.1 Å². The lowest BCUT2D eigenvalue weighted by molar-refractivity contribution is -0.384. The maximum Gasteiger partial charge on any atom is 0.333 e. The minimum absolute atomic E-state index is 0.110. The van der Waals surface area contributed by atoms with Crippen LogP contribution in [0.5, 0.6) is 0 Å². The molecule has 0 saturated carbocycles. The van der Waals surface area contributed by atoms with Crippen molar-refractivity contribution in [1.82, 2.24) is 19.6 Å². The van der Waals surface area contributed by atoms with Crippen LogP contribution in [0.1, 0.15) is 12.6 Å². The van der Waals surface area contributed by atoms with E-state index >= 15 is 0 Å². The fourth-order valence-corrected chi connectivity index (χ4v) is 2.60. The van der Waals surface area contributed by atoms with Crippen LogP contribution in [0.3, 0.4) is 0 Å². The molecule has 2 rings (SSSR count). The molecule has 0 radical (unpaired) electrons. The summed E-state index contributed by atoms with van der Waals surface area (Å²) in [5.74, 6) is 0.506. The molecule has 0 spiro atoms. The summed E-state index contributed by atoms with van der Waals surface area (Å²) in [5.41, 5.74) is 0.642. The Morgan fingerprint density at radius 2 is 1.95 bits per heavy atom. The largest absolute Gasteiger partial charge is 0.363 e. The number of hydrogen-bond donors (Lipinski definition) is 1.